The first-order valence-electron chi connectivity index (χ1n) is 15.9. The fraction of sp³-hybridized carbons (Fsp3) is 0.0233. The fourth-order valence-electron chi connectivity index (χ4n) is 6.67. The van der Waals surface area contributed by atoms with Crippen LogP contribution in [0.3, 0.4) is 0 Å². The van der Waals surface area contributed by atoms with Crippen LogP contribution in [-0.2, 0) is 0 Å². The Kier molecular flexibility index (Phi) is 6.50. The molecule has 0 amide bonds. The van der Waals surface area contributed by atoms with Crippen LogP contribution in [0.15, 0.2) is 178 Å². The highest BCUT2D eigenvalue weighted by Crippen LogP contribution is 2.40. The summed E-state index contributed by atoms with van der Waals surface area (Å²) < 4.78 is 6.53. The molecule has 1 N–H and O–H groups in total. The second kappa shape index (κ2) is 11.3. The molecular weight excluding hydrogens is 574 g/mol. The van der Waals surface area contributed by atoms with Crippen molar-refractivity contribution in [3.8, 4) is 22.3 Å². The fourth-order valence-corrected chi connectivity index (χ4v) is 6.67. The number of amidine groups is 2. The lowest BCUT2D eigenvalue weighted by atomic mass is 9.92. The van der Waals surface area contributed by atoms with Crippen molar-refractivity contribution < 1.29 is 4.42 Å². The number of hydrogen-bond acceptors (Lipinski definition) is 4. The third-order valence-corrected chi connectivity index (χ3v) is 8.92. The lowest BCUT2D eigenvalue weighted by Crippen LogP contribution is -2.33. The first-order chi connectivity index (χ1) is 23.3. The van der Waals surface area contributed by atoms with E-state index in [1.54, 1.807) is 0 Å². The van der Waals surface area contributed by atoms with Gasteiger partial charge in [0.2, 0.25) is 0 Å². The average molecular weight is 604 g/mol. The SMILES string of the molecule is c1ccc(C2=NC(c3ccccc3)NC(c3cc(-c4cccc(-c5cccc6ccccc56)c4)c4c(c3)oc3ccccc34)=N2)cc1. The quantitative estimate of drug-likeness (QED) is 0.213. The Morgan fingerprint density at radius 1 is 0.489 bits per heavy atom. The molecule has 0 saturated carbocycles. The van der Waals surface area contributed by atoms with Crippen LogP contribution in [0.1, 0.15) is 22.9 Å². The third-order valence-electron chi connectivity index (χ3n) is 8.92. The minimum absolute atomic E-state index is 0.289. The molecule has 1 unspecified atom stereocenters. The minimum atomic E-state index is -0.289. The smallest absolute Gasteiger partial charge is 0.159 e. The lowest BCUT2D eigenvalue weighted by Gasteiger charge is -2.24. The number of para-hydroxylation sites is 1. The first kappa shape index (κ1) is 27.1. The van der Waals surface area contributed by atoms with Gasteiger partial charge in [-0.15, -0.1) is 0 Å². The van der Waals surface area contributed by atoms with Crippen LogP contribution in [0.4, 0.5) is 0 Å². The molecule has 0 fully saturated rings. The van der Waals surface area contributed by atoms with Gasteiger partial charge < -0.3 is 9.73 Å². The average Bonchev–Trinajstić information content (AvgIpc) is 3.53. The highest BCUT2D eigenvalue weighted by molar-refractivity contribution is 6.18. The number of benzene rings is 7. The maximum Gasteiger partial charge on any atom is 0.159 e. The Balaban J connectivity index is 1.25. The normalized spacial score (nSPS) is 14.6. The van der Waals surface area contributed by atoms with Crippen molar-refractivity contribution in [1.29, 1.82) is 0 Å². The van der Waals surface area contributed by atoms with Crippen LogP contribution in [0, 0.1) is 0 Å². The molecule has 1 atom stereocenters. The Labute approximate surface area is 272 Å². The van der Waals surface area contributed by atoms with Gasteiger partial charge in [0.1, 0.15) is 23.2 Å². The van der Waals surface area contributed by atoms with Gasteiger partial charge in [0, 0.05) is 21.9 Å². The van der Waals surface area contributed by atoms with Crippen LogP contribution in [0.25, 0.3) is 55.0 Å². The summed E-state index contributed by atoms with van der Waals surface area (Å²) in [6, 6.07) is 57.0. The summed E-state index contributed by atoms with van der Waals surface area (Å²) in [4.78, 5) is 10.1. The number of fused-ring (bicyclic) bond motifs is 4. The van der Waals surface area contributed by atoms with Crippen LogP contribution >= 0.6 is 0 Å². The molecule has 4 heteroatoms. The summed E-state index contributed by atoms with van der Waals surface area (Å²) in [6.45, 7) is 0. The minimum Gasteiger partial charge on any atom is -0.456 e. The van der Waals surface area contributed by atoms with E-state index in [9.17, 15) is 0 Å². The Bertz CT molecular complexity index is 2490. The highest BCUT2D eigenvalue weighted by Gasteiger charge is 2.23. The third kappa shape index (κ3) is 4.88. The first-order valence-corrected chi connectivity index (χ1v) is 15.9. The summed E-state index contributed by atoms with van der Waals surface area (Å²) in [7, 11) is 0. The van der Waals surface area contributed by atoms with E-state index >= 15 is 0 Å². The van der Waals surface area contributed by atoms with Gasteiger partial charge in [0.15, 0.2) is 5.84 Å². The van der Waals surface area contributed by atoms with Crippen molar-refractivity contribution in [3.05, 3.63) is 180 Å². The zero-order valence-corrected chi connectivity index (χ0v) is 25.5. The summed E-state index contributed by atoms with van der Waals surface area (Å²) in [5, 5.41) is 8.28. The predicted octanol–water partition coefficient (Wildman–Crippen LogP) is 10.6. The zero-order valence-electron chi connectivity index (χ0n) is 25.5. The molecule has 222 valence electrons. The highest BCUT2D eigenvalue weighted by atomic mass is 16.3. The molecule has 0 radical (unpaired) electrons. The number of hydrogen-bond donors (Lipinski definition) is 1. The molecule has 0 spiro atoms. The standard InChI is InChI=1S/C43H29N3O/c1-3-14-29(15-4-1)41-44-42(30-16-5-2-6-17-30)46-43(45-41)33-26-37(40-36-22-9-10-24-38(36)47-39(40)27-33)32-20-11-19-31(25-32)35-23-12-18-28-13-7-8-21-34(28)35/h1-27,41H,(H,44,45,46). The van der Waals surface area contributed by atoms with Crippen LogP contribution in [0.2, 0.25) is 0 Å². The molecule has 2 heterocycles. The van der Waals surface area contributed by atoms with E-state index < -0.39 is 0 Å². The molecule has 4 nitrogen and oxygen atoms in total. The lowest BCUT2D eigenvalue weighted by molar-refractivity contribution is 0.666. The number of rotatable bonds is 5. The Morgan fingerprint density at radius 2 is 1.15 bits per heavy atom. The van der Waals surface area contributed by atoms with E-state index in [0.717, 1.165) is 55.6 Å². The van der Waals surface area contributed by atoms with Gasteiger partial charge in [0.25, 0.3) is 0 Å². The molecule has 0 saturated heterocycles. The summed E-state index contributed by atoms with van der Waals surface area (Å²) in [5.74, 6) is 1.44. The van der Waals surface area contributed by atoms with E-state index in [-0.39, 0.29) is 6.17 Å². The van der Waals surface area contributed by atoms with Gasteiger partial charge >= 0.3 is 0 Å². The molecule has 7 aromatic carbocycles. The van der Waals surface area contributed by atoms with Crippen molar-refractivity contribution in [3.63, 3.8) is 0 Å². The van der Waals surface area contributed by atoms with Gasteiger partial charge in [-0.25, -0.2) is 9.98 Å². The number of nitrogens with zero attached hydrogens (tertiary/aromatic N) is 2. The predicted molar refractivity (Wildman–Crippen MR) is 194 cm³/mol. The second-order valence-electron chi connectivity index (χ2n) is 11.8. The maximum absolute atomic E-state index is 6.53. The van der Waals surface area contributed by atoms with Crippen molar-refractivity contribution >= 4 is 44.4 Å². The summed E-state index contributed by atoms with van der Waals surface area (Å²) in [6.07, 6.45) is -0.289. The van der Waals surface area contributed by atoms with Crippen molar-refractivity contribution in [2.75, 3.05) is 0 Å². The maximum atomic E-state index is 6.53. The summed E-state index contributed by atoms with van der Waals surface area (Å²) >= 11 is 0. The van der Waals surface area contributed by atoms with E-state index in [1.165, 1.54) is 21.9 Å². The molecule has 8 aromatic rings. The molecule has 9 rings (SSSR count). The van der Waals surface area contributed by atoms with Crippen molar-refractivity contribution in [1.82, 2.24) is 5.32 Å². The van der Waals surface area contributed by atoms with Crippen LogP contribution < -0.4 is 5.32 Å². The number of nitrogens with one attached hydrogen (secondary N) is 1. The molecule has 1 aromatic heterocycles. The van der Waals surface area contributed by atoms with Gasteiger partial charge in [-0.3, -0.25) is 0 Å². The molecule has 47 heavy (non-hydrogen) atoms. The molecule has 0 bridgehead atoms. The van der Waals surface area contributed by atoms with Crippen LogP contribution in [0.5, 0.6) is 0 Å². The monoisotopic (exact) mass is 603 g/mol. The van der Waals surface area contributed by atoms with Gasteiger partial charge in [0.05, 0.1) is 0 Å². The zero-order chi connectivity index (χ0) is 31.2. The van der Waals surface area contributed by atoms with E-state index in [2.05, 4.69) is 121 Å². The van der Waals surface area contributed by atoms with E-state index in [4.69, 9.17) is 14.4 Å². The topological polar surface area (TPSA) is 49.9 Å². The molecule has 0 aliphatic carbocycles. The molecule has 1 aliphatic heterocycles. The van der Waals surface area contributed by atoms with Gasteiger partial charge in [-0.1, -0.05) is 140 Å². The van der Waals surface area contributed by atoms with E-state index in [1.807, 2.05) is 48.5 Å². The van der Waals surface area contributed by atoms with Crippen LogP contribution in [-0.4, -0.2) is 11.7 Å². The molecular formula is C43H29N3O. The van der Waals surface area contributed by atoms with Crippen molar-refractivity contribution in [2.45, 2.75) is 6.17 Å². The molecule has 1 aliphatic rings. The van der Waals surface area contributed by atoms with Crippen molar-refractivity contribution in [2.24, 2.45) is 9.98 Å². The number of aliphatic imine (C=N–C) groups is 2. The Hall–Kier alpha value is -6.26. The largest absolute Gasteiger partial charge is 0.456 e. The second-order valence-corrected chi connectivity index (χ2v) is 11.8. The Morgan fingerprint density at radius 3 is 2.00 bits per heavy atom. The van der Waals surface area contributed by atoms with Gasteiger partial charge in [-0.05, 0) is 62.9 Å². The van der Waals surface area contributed by atoms with E-state index in [0.29, 0.717) is 5.84 Å². The number of furan rings is 1. The van der Waals surface area contributed by atoms with Gasteiger partial charge in [-0.2, -0.15) is 0 Å². The summed E-state index contributed by atoms with van der Waals surface area (Å²) in [5.41, 5.74) is 9.24.